The van der Waals surface area contributed by atoms with E-state index in [1.54, 1.807) is 31.2 Å². The summed E-state index contributed by atoms with van der Waals surface area (Å²) in [4.78, 5) is 0.101. The van der Waals surface area contributed by atoms with Crippen LogP contribution in [0, 0.1) is 6.92 Å². The lowest BCUT2D eigenvalue weighted by molar-refractivity contribution is 0.371. The molecule has 0 saturated heterocycles. The first-order chi connectivity index (χ1) is 16.1. The number of benzene rings is 3. The smallest absolute Gasteiger partial charge is 0.279 e. The maximum absolute atomic E-state index is 13.5. The predicted molar refractivity (Wildman–Crippen MR) is 135 cm³/mol. The number of aryl methyl sites for hydroxylation is 1. The summed E-state index contributed by atoms with van der Waals surface area (Å²) in [5.74, 6) is -0.0306. The van der Waals surface area contributed by atoms with Gasteiger partial charge in [0, 0.05) is 17.1 Å². The van der Waals surface area contributed by atoms with Crippen molar-refractivity contribution in [2.45, 2.75) is 31.2 Å². The van der Waals surface area contributed by atoms with Gasteiger partial charge >= 0.3 is 0 Å². The molecule has 0 saturated carbocycles. The molecule has 1 atom stereocenters. The van der Waals surface area contributed by atoms with Crippen molar-refractivity contribution in [2.24, 2.45) is 5.10 Å². The molecule has 7 nitrogen and oxygen atoms in total. The molecule has 0 bridgehead atoms. The summed E-state index contributed by atoms with van der Waals surface area (Å²) < 4.78 is 54.4. The number of nitrogens with zero attached hydrogens (tertiary/aromatic N) is 2. The highest BCUT2D eigenvalue weighted by Gasteiger charge is 2.37. The number of hydrazone groups is 1. The maximum Gasteiger partial charge on any atom is 0.279 e. The third kappa shape index (κ3) is 5.11. The second-order valence-corrected chi connectivity index (χ2v) is 12.2. The van der Waals surface area contributed by atoms with Crippen LogP contribution in [0.15, 0.2) is 82.8 Å². The van der Waals surface area contributed by atoms with E-state index >= 15 is 0 Å². The Kier molecular flexibility index (Phi) is 6.71. The van der Waals surface area contributed by atoms with Gasteiger partial charge in [-0.3, -0.25) is 4.72 Å². The van der Waals surface area contributed by atoms with Gasteiger partial charge in [0.1, 0.15) is 0 Å². The van der Waals surface area contributed by atoms with E-state index in [0.29, 0.717) is 28.4 Å². The Labute approximate surface area is 205 Å². The van der Waals surface area contributed by atoms with Gasteiger partial charge in [0.2, 0.25) is 10.0 Å². The molecule has 1 aliphatic rings. The largest absolute Gasteiger partial charge is 0.284 e. The van der Waals surface area contributed by atoms with E-state index < -0.39 is 26.1 Å². The van der Waals surface area contributed by atoms with Gasteiger partial charge in [-0.1, -0.05) is 53.6 Å². The van der Waals surface area contributed by atoms with Crippen LogP contribution in [0.5, 0.6) is 0 Å². The fraction of sp³-hybridized carbons (Fsp3) is 0.208. The van der Waals surface area contributed by atoms with E-state index in [9.17, 15) is 16.8 Å². The number of halogens is 1. The second-order valence-electron chi connectivity index (χ2n) is 8.00. The van der Waals surface area contributed by atoms with E-state index in [1.807, 2.05) is 31.2 Å². The van der Waals surface area contributed by atoms with E-state index in [0.717, 1.165) is 15.5 Å². The van der Waals surface area contributed by atoms with Crippen molar-refractivity contribution in [1.82, 2.24) is 4.41 Å². The van der Waals surface area contributed by atoms with Crippen LogP contribution in [0.25, 0.3) is 0 Å². The summed E-state index contributed by atoms with van der Waals surface area (Å²) >= 11 is 5.95. The first kappa shape index (κ1) is 24.3. The molecule has 0 unspecified atom stereocenters. The summed E-state index contributed by atoms with van der Waals surface area (Å²) in [6.07, 6.45) is 0.371. The molecule has 10 heteroatoms. The molecule has 0 aliphatic carbocycles. The van der Waals surface area contributed by atoms with E-state index in [4.69, 9.17) is 11.6 Å². The van der Waals surface area contributed by atoms with Crippen molar-refractivity contribution in [1.29, 1.82) is 0 Å². The molecule has 0 amide bonds. The third-order valence-electron chi connectivity index (χ3n) is 5.53. The molecule has 178 valence electrons. The SMILES string of the molecule is CCS(=O)(=O)Nc1ccc(C2=NN(S(=O)(=O)c3ccc(Cl)cc3)[C@@H](c3cccc(C)c3)C2)cc1. The molecule has 34 heavy (non-hydrogen) atoms. The molecule has 0 fully saturated rings. The first-order valence-electron chi connectivity index (χ1n) is 10.6. The van der Waals surface area contributed by atoms with E-state index in [1.165, 1.54) is 24.3 Å². The fourth-order valence-electron chi connectivity index (χ4n) is 3.71. The van der Waals surface area contributed by atoms with E-state index in [-0.39, 0.29) is 10.6 Å². The van der Waals surface area contributed by atoms with Gasteiger partial charge in [-0.15, -0.1) is 0 Å². The van der Waals surface area contributed by atoms with Crippen molar-refractivity contribution in [3.05, 3.63) is 94.5 Å². The monoisotopic (exact) mass is 517 g/mol. The number of sulfonamides is 2. The molecule has 0 spiro atoms. The van der Waals surface area contributed by atoms with Gasteiger partial charge in [-0.2, -0.15) is 17.9 Å². The Bertz CT molecular complexity index is 1440. The summed E-state index contributed by atoms with van der Waals surface area (Å²) in [5.41, 5.74) is 3.59. The predicted octanol–water partition coefficient (Wildman–Crippen LogP) is 4.95. The molecule has 1 aliphatic heterocycles. The van der Waals surface area contributed by atoms with Crippen molar-refractivity contribution in [2.75, 3.05) is 10.5 Å². The third-order valence-corrected chi connectivity index (χ3v) is 8.78. The lowest BCUT2D eigenvalue weighted by atomic mass is 9.98. The molecule has 4 rings (SSSR count). The van der Waals surface area contributed by atoms with Crippen LogP contribution in [-0.4, -0.2) is 32.7 Å². The minimum Gasteiger partial charge on any atom is -0.284 e. The number of rotatable bonds is 7. The van der Waals surface area contributed by atoms with Gasteiger partial charge in [0.25, 0.3) is 10.0 Å². The molecule has 3 aromatic rings. The van der Waals surface area contributed by atoms with Gasteiger partial charge in [-0.05, 0) is 61.4 Å². The average Bonchev–Trinajstić information content (AvgIpc) is 3.26. The van der Waals surface area contributed by atoms with Crippen molar-refractivity contribution >= 4 is 43.0 Å². The van der Waals surface area contributed by atoms with Crippen LogP contribution < -0.4 is 4.72 Å². The Morgan fingerprint density at radius 1 is 1.00 bits per heavy atom. The second kappa shape index (κ2) is 9.40. The van der Waals surface area contributed by atoms with Crippen LogP contribution in [-0.2, 0) is 20.0 Å². The lowest BCUT2D eigenvalue weighted by Crippen LogP contribution is -2.27. The van der Waals surface area contributed by atoms with Crippen LogP contribution in [0.2, 0.25) is 5.02 Å². The van der Waals surface area contributed by atoms with Crippen LogP contribution in [0.1, 0.15) is 36.1 Å². The standard InChI is InChI=1S/C24H24ClN3O4S2/c1-3-33(29,30)27-21-11-7-18(8-12-21)23-16-24(19-6-4-5-17(2)15-19)28(26-23)34(31,32)22-13-9-20(25)10-14-22/h4-15,24,27H,3,16H2,1-2H3/t24-/m1/s1. The zero-order chi connectivity index (χ0) is 24.5. The zero-order valence-corrected chi connectivity index (χ0v) is 21.0. The van der Waals surface area contributed by atoms with Crippen LogP contribution in [0.4, 0.5) is 5.69 Å². The maximum atomic E-state index is 13.5. The minimum atomic E-state index is -3.95. The van der Waals surface area contributed by atoms with Crippen molar-refractivity contribution < 1.29 is 16.8 Å². The van der Waals surface area contributed by atoms with Gasteiger partial charge in [0.05, 0.1) is 22.4 Å². The van der Waals surface area contributed by atoms with Crippen LogP contribution in [0.3, 0.4) is 0 Å². The Morgan fingerprint density at radius 3 is 2.29 bits per heavy atom. The molecular formula is C24H24ClN3O4S2. The minimum absolute atomic E-state index is 0.0306. The number of nitrogens with one attached hydrogen (secondary N) is 1. The Morgan fingerprint density at radius 2 is 1.68 bits per heavy atom. The van der Waals surface area contributed by atoms with Gasteiger partial charge < -0.3 is 0 Å². The van der Waals surface area contributed by atoms with Crippen LogP contribution >= 0.6 is 11.6 Å². The quantitative estimate of drug-likeness (QED) is 0.479. The molecule has 3 aromatic carbocycles. The molecule has 1 heterocycles. The Hall–Kier alpha value is -2.88. The summed E-state index contributed by atoms with van der Waals surface area (Å²) in [7, 11) is -7.34. The van der Waals surface area contributed by atoms with Gasteiger partial charge in [0.15, 0.2) is 0 Å². The molecule has 0 aromatic heterocycles. The zero-order valence-electron chi connectivity index (χ0n) is 18.6. The summed E-state index contributed by atoms with van der Waals surface area (Å²) in [6, 6.07) is 19.9. The normalized spacial score (nSPS) is 16.4. The molecule has 0 radical (unpaired) electrons. The number of hydrogen-bond donors (Lipinski definition) is 1. The van der Waals surface area contributed by atoms with Crippen molar-refractivity contribution in [3.8, 4) is 0 Å². The summed E-state index contributed by atoms with van der Waals surface area (Å²) in [6.45, 7) is 3.51. The van der Waals surface area contributed by atoms with Gasteiger partial charge in [-0.25, -0.2) is 8.42 Å². The highest BCUT2D eigenvalue weighted by atomic mass is 35.5. The topological polar surface area (TPSA) is 95.9 Å². The molecule has 1 N–H and O–H groups in total. The number of anilines is 1. The summed E-state index contributed by atoms with van der Waals surface area (Å²) in [5, 5.41) is 4.97. The molecular weight excluding hydrogens is 494 g/mol. The highest BCUT2D eigenvalue weighted by molar-refractivity contribution is 7.92. The average molecular weight is 518 g/mol. The van der Waals surface area contributed by atoms with Crippen molar-refractivity contribution in [3.63, 3.8) is 0 Å². The highest BCUT2D eigenvalue weighted by Crippen LogP contribution is 2.37. The Balaban J connectivity index is 1.72. The number of hydrogen-bond acceptors (Lipinski definition) is 5. The first-order valence-corrected chi connectivity index (χ1v) is 14.1. The fourth-order valence-corrected chi connectivity index (χ4v) is 5.91. The lowest BCUT2D eigenvalue weighted by Gasteiger charge is -2.23. The van der Waals surface area contributed by atoms with E-state index in [2.05, 4.69) is 9.82 Å².